The second-order valence-electron chi connectivity index (χ2n) is 6.26. The Bertz CT molecular complexity index is 987. The van der Waals surface area contributed by atoms with Crippen LogP contribution in [-0.4, -0.2) is 42.3 Å². The summed E-state index contributed by atoms with van der Waals surface area (Å²) in [5, 5.41) is 11.6. The number of H-pyrrole nitrogens is 1. The van der Waals surface area contributed by atoms with Crippen LogP contribution >= 0.6 is 0 Å². The van der Waals surface area contributed by atoms with Crippen LogP contribution in [0.2, 0.25) is 0 Å². The van der Waals surface area contributed by atoms with E-state index in [9.17, 15) is 10.1 Å². The highest BCUT2D eigenvalue weighted by molar-refractivity contribution is 5.84. The minimum Gasteiger partial charge on any atom is -0.493 e. The van der Waals surface area contributed by atoms with E-state index in [0.29, 0.717) is 33.9 Å². The summed E-state index contributed by atoms with van der Waals surface area (Å²) in [6.45, 7) is 3.58. The first kappa shape index (κ1) is 19.3. The van der Waals surface area contributed by atoms with Crippen molar-refractivity contribution in [3.05, 3.63) is 34.4 Å². The van der Waals surface area contributed by atoms with E-state index in [-0.39, 0.29) is 23.3 Å². The third-order valence-electron chi connectivity index (χ3n) is 4.07. The van der Waals surface area contributed by atoms with Crippen molar-refractivity contribution in [1.29, 1.82) is 0 Å². The van der Waals surface area contributed by atoms with Gasteiger partial charge in [0.25, 0.3) is 0 Å². The molecule has 0 aliphatic rings. The van der Waals surface area contributed by atoms with Gasteiger partial charge in [0.15, 0.2) is 17.2 Å². The summed E-state index contributed by atoms with van der Waals surface area (Å²) in [7, 11) is 4.52. The Morgan fingerprint density at radius 2 is 1.64 bits per heavy atom. The first-order valence-electron chi connectivity index (χ1n) is 8.53. The molecule has 1 heterocycles. The molecule has 148 valence electrons. The van der Waals surface area contributed by atoms with E-state index < -0.39 is 4.92 Å². The maximum absolute atomic E-state index is 11.6. The fourth-order valence-electron chi connectivity index (χ4n) is 2.84. The number of ether oxygens (including phenoxy) is 4. The Hall–Kier alpha value is -3.49. The van der Waals surface area contributed by atoms with Gasteiger partial charge in [0.2, 0.25) is 5.75 Å². The molecular formula is C19H21N3O6. The second kappa shape index (κ2) is 7.63. The topological polar surface area (TPSA) is 109 Å². The van der Waals surface area contributed by atoms with Gasteiger partial charge in [-0.1, -0.05) is 0 Å². The standard InChI is InChI=1S/C19H21N3O6/c1-10(2)28-18-14(22(23)24)6-11(7-17(18)27-5)19-20-12-8-15(25-3)16(26-4)9-13(12)21-19/h6-10H,1-5H3,(H,20,21). The molecule has 1 aromatic heterocycles. The number of imidazole rings is 1. The molecule has 0 fully saturated rings. The van der Waals surface area contributed by atoms with Gasteiger partial charge in [0.05, 0.1) is 43.4 Å². The Balaban J connectivity index is 2.17. The monoisotopic (exact) mass is 387 g/mol. The molecule has 3 aromatic rings. The molecular weight excluding hydrogens is 366 g/mol. The van der Waals surface area contributed by atoms with Crippen LogP contribution < -0.4 is 18.9 Å². The van der Waals surface area contributed by atoms with Crippen LogP contribution in [-0.2, 0) is 0 Å². The number of nitro benzene ring substituents is 1. The van der Waals surface area contributed by atoms with Gasteiger partial charge in [0, 0.05) is 23.8 Å². The van der Waals surface area contributed by atoms with Crippen LogP contribution in [0.3, 0.4) is 0 Å². The number of nitrogens with zero attached hydrogens (tertiary/aromatic N) is 2. The Morgan fingerprint density at radius 1 is 1.00 bits per heavy atom. The summed E-state index contributed by atoms with van der Waals surface area (Å²) in [6, 6.07) is 6.55. The van der Waals surface area contributed by atoms with Gasteiger partial charge in [-0.05, 0) is 19.9 Å². The van der Waals surface area contributed by atoms with E-state index in [0.717, 1.165) is 0 Å². The van der Waals surface area contributed by atoms with E-state index >= 15 is 0 Å². The van der Waals surface area contributed by atoms with Crippen molar-refractivity contribution in [3.8, 4) is 34.4 Å². The second-order valence-corrected chi connectivity index (χ2v) is 6.26. The lowest BCUT2D eigenvalue weighted by Crippen LogP contribution is -2.09. The third-order valence-corrected chi connectivity index (χ3v) is 4.07. The molecule has 0 atom stereocenters. The highest BCUT2D eigenvalue weighted by atomic mass is 16.6. The highest BCUT2D eigenvalue weighted by Gasteiger charge is 2.25. The minimum atomic E-state index is -0.502. The van der Waals surface area contributed by atoms with Gasteiger partial charge < -0.3 is 23.9 Å². The van der Waals surface area contributed by atoms with E-state index in [2.05, 4.69) is 9.97 Å². The van der Waals surface area contributed by atoms with Gasteiger partial charge in [0.1, 0.15) is 5.82 Å². The molecule has 0 unspecified atom stereocenters. The summed E-state index contributed by atoms with van der Waals surface area (Å²) >= 11 is 0. The predicted octanol–water partition coefficient (Wildman–Crippen LogP) is 3.95. The number of hydrogen-bond acceptors (Lipinski definition) is 7. The van der Waals surface area contributed by atoms with Crippen molar-refractivity contribution in [2.24, 2.45) is 0 Å². The Labute approximate surface area is 161 Å². The summed E-state index contributed by atoms with van der Waals surface area (Å²) in [5.41, 5.74) is 1.64. The van der Waals surface area contributed by atoms with E-state index in [4.69, 9.17) is 18.9 Å². The number of aromatic nitrogens is 2. The van der Waals surface area contributed by atoms with Crippen LogP contribution in [0, 0.1) is 10.1 Å². The molecule has 1 N–H and O–H groups in total. The SMILES string of the molecule is COc1cc2nc(-c3cc(OC)c(OC(C)C)c([N+](=O)[O-])c3)[nH]c2cc1OC. The van der Waals surface area contributed by atoms with Crippen LogP contribution in [0.5, 0.6) is 23.0 Å². The van der Waals surface area contributed by atoms with Crippen LogP contribution in [0.25, 0.3) is 22.4 Å². The maximum atomic E-state index is 11.6. The molecule has 0 bridgehead atoms. The summed E-state index contributed by atoms with van der Waals surface area (Å²) in [5.74, 6) is 1.88. The average Bonchev–Trinajstić information content (AvgIpc) is 3.09. The lowest BCUT2D eigenvalue weighted by molar-refractivity contribution is -0.386. The van der Waals surface area contributed by atoms with Crippen molar-refractivity contribution in [3.63, 3.8) is 0 Å². The summed E-state index contributed by atoms with van der Waals surface area (Å²) in [4.78, 5) is 18.8. The molecule has 0 aliphatic heterocycles. The summed E-state index contributed by atoms with van der Waals surface area (Å²) in [6.07, 6.45) is -0.246. The van der Waals surface area contributed by atoms with Crippen molar-refractivity contribution < 1.29 is 23.9 Å². The van der Waals surface area contributed by atoms with Crippen LogP contribution in [0.1, 0.15) is 13.8 Å². The smallest absolute Gasteiger partial charge is 0.315 e. The number of methoxy groups -OCH3 is 3. The molecule has 9 heteroatoms. The lowest BCUT2D eigenvalue weighted by Gasteiger charge is -2.14. The Kier molecular flexibility index (Phi) is 5.25. The van der Waals surface area contributed by atoms with Crippen LogP contribution in [0.15, 0.2) is 24.3 Å². The molecule has 0 radical (unpaired) electrons. The molecule has 0 spiro atoms. The molecule has 9 nitrogen and oxygen atoms in total. The van der Waals surface area contributed by atoms with Gasteiger partial charge >= 0.3 is 5.69 Å². The fourth-order valence-corrected chi connectivity index (χ4v) is 2.84. The van der Waals surface area contributed by atoms with Gasteiger partial charge in [-0.15, -0.1) is 0 Å². The number of benzene rings is 2. The number of fused-ring (bicyclic) bond motifs is 1. The number of aromatic amines is 1. The first-order valence-corrected chi connectivity index (χ1v) is 8.53. The summed E-state index contributed by atoms with van der Waals surface area (Å²) < 4.78 is 21.5. The van der Waals surface area contributed by atoms with Crippen molar-refractivity contribution >= 4 is 16.7 Å². The normalized spacial score (nSPS) is 10.9. The number of nitro groups is 1. The average molecular weight is 387 g/mol. The Morgan fingerprint density at radius 3 is 2.21 bits per heavy atom. The third kappa shape index (κ3) is 3.51. The molecule has 0 amide bonds. The zero-order chi connectivity index (χ0) is 20.4. The number of rotatable bonds is 7. The zero-order valence-electron chi connectivity index (χ0n) is 16.2. The lowest BCUT2D eigenvalue weighted by atomic mass is 10.1. The van der Waals surface area contributed by atoms with Gasteiger partial charge in [-0.3, -0.25) is 10.1 Å². The maximum Gasteiger partial charge on any atom is 0.315 e. The van der Waals surface area contributed by atoms with E-state index in [1.54, 1.807) is 46.3 Å². The van der Waals surface area contributed by atoms with E-state index in [1.807, 2.05) is 0 Å². The van der Waals surface area contributed by atoms with Gasteiger partial charge in [-0.2, -0.15) is 0 Å². The van der Waals surface area contributed by atoms with Crippen LogP contribution in [0.4, 0.5) is 5.69 Å². The molecule has 2 aromatic carbocycles. The number of nitrogens with one attached hydrogen (secondary N) is 1. The number of hydrogen-bond donors (Lipinski definition) is 1. The van der Waals surface area contributed by atoms with Crippen molar-refractivity contribution in [1.82, 2.24) is 9.97 Å². The molecule has 0 saturated carbocycles. The largest absolute Gasteiger partial charge is 0.493 e. The predicted molar refractivity (Wildman–Crippen MR) is 104 cm³/mol. The van der Waals surface area contributed by atoms with Crippen molar-refractivity contribution in [2.45, 2.75) is 20.0 Å². The fraction of sp³-hybridized carbons (Fsp3) is 0.316. The molecule has 0 aliphatic carbocycles. The molecule has 3 rings (SSSR count). The molecule has 28 heavy (non-hydrogen) atoms. The quantitative estimate of drug-likeness (QED) is 0.483. The van der Waals surface area contributed by atoms with E-state index in [1.165, 1.54) is 13.2 Å². The van der Waals surface area contributed by atoms with Crippen molar-refractivity contribution in [2.75, 3.05) is 21.3 Å². The first-order chi connectivity index (χ1) is 13.4. The zero-order valence-corrected chi connectivity index (χ0v) is 16.2. The highest BCUT2D eigenvalue weighted by Crippen LogP contribution is 2.42. The minimum absolute atomic E-state index is 0.0886. The van der Waals surface area contributed by atoms with Gasteiger partial charge in [-0.25, -0.2) is 4.98 Å². The molecule has 0 saturated heterocycles.